The van der Waals surface area contributed by atoms with E-state index >= 15 is 0 Å². The molecule has 112 valence electrons. The molecule has 0 saturated heterocycles. The van der Waals surface area contributed by atoms with Gasteiger partial charge in [-0.15, -0.1) is 11.6 Å². The Hall–Kier alpha value is -1.62. The maximum absolute atomic E-state index is 13.9. The van der Waals surface area contributed by atoms with E-state index in [1.54, 1.807) is 0 Å². The molecule has 0 amide bonds. The molecular formula is C15H10ClF5. The predicted molar refractivity (Wildman–Crippen MR) is 70.2 cm³/mol. The molecule has 0 fully saturated rings. The van der Waals surface area contributed by atoms with Gasteiger partial charge in [-0.3, -0.25) is 0 Å². The zero-order valence-corrected chi connectivity index (χ0v) is 11.6. The van der Waals surface area contributed by atoms with Gasteiger partial charge < -0.3 is 0 Å². The molecule has 0 heterocycles. The lowest BCUT2D eigenvalue weighted by Gasteiger charge is -2.18. The van der Waals surface area contributed by atoms with E-state index < -0.39 is 28.8 Å². The average molecular weight is 321 g/mol. The Morgan fingerprint density at radius 3 is 2.19 bits per heavy atom. The fourth-order valence-corrected chi connectivity index (χ4v) is 2.36. The zero-order chi connectivity index (χ0) is 15.8. The maximum Gasteiger partial charge on any atom is 0.416 e. The minimum Gasteiger partial charge on any atom is -0.207 e. The molecule has 2 aromatic carbocycles. The van der Waals surface area contributed by atoms with E-state index in [9.17, 15) is 22.0 Å². The molecule has 2 aromatic rings. The highest BCUT2D eigenvalue weighted by molar-refractivity contribution is 6.22. The molecule has 0 bridgehead atoms. The van der Waals surface area contributed by atoms with Crippen LogP contribution in [0.1, 0.15) is 27.6 Å². The largest absolute Gasteiger partial charge is 0.416 e. The van der Waals surface area contributed by atoms with Crippen molar-refractivity contribution in [2.45, 2.75) is 18.5 Å². The minimum absolute atomic E-state index is 0.0595. The van der Waals surface area contributed by atoms with E-state index in [0.717, 1.165) is 24.3 Å². The van der Waals surface area contributed by atoms with Crippen LogP contribution in [0.2, 0.25) is 0 Å². The highest BCUT2D eigenvalue weighted by Gasteiger charge is 2.35. The number of hydrogen-bond acceptors (Lipinski definition) is 0. The topological polar surface area (TPSA) is 0 Å². The van der Waals surface area contributed by atoms with E-state index in [-0.39, 0.29) is 16.7 Å². The van der Waals surface area contributed by atoms with Crippen molar-refractivity contribution in [3.05, 3.63) is 70.3 Å². The molecular weight excluding hydrogens is 311 g/mol. The van der Waals surface area contributed by atoms with Gasteiger partial charge in [-0.2, -0.15) is 13.2 Å². The fraction of sp³-hybridized carbons (Fsp3) is 0.200. The van der Waals surface area contributed by atoms with E-state index in [4.69, 9.17) is 11.6 Å². The Bertz CT molecular complexity index is 664. The fourth-order valence-electron chi connectivity index (χ4n) is 2.00. The Balaban J connectivity index is 2.56. The predicted octanol–water partition coefficient (Wildman–Crippen LogP) is 5.62. The molecule has 0 saturated carbocycles. The van der Waals surface area contributed by atoms with Crippen LogP contribution >= 0.6 is 11.6 Å². The summed E-state index contributed by atoms with van der Waals surface area (Å²) in [5.74, 6) is -1.56. The third-order valence-electron chi connectivity index (χ3n) is 3.09. The van der Waals surface area contributed by atoms with Crippen molar-refractivity contribution >= 4 is 11.6 Å². The smallest absolute Gasteiger partial charge is 0.207 e. The standard InChI is InChI=1S/C15H10ClF5/c1-8-6-13(18)10(7-12(8)17)14(16)9-4-2-3-5-11(9)15(19,20)21/h2-7,14H,1H3. The summed E-state index contributed by atoms with van der Waals surface area (Å²) in [5, 5.41) is -1.43. The molecule has 0 aliphatic carbocycles. The second-order valence-electron chi connectivity index (χ2n) is 4.57. The van der Waals surface area contributed by atoms with Gasteiger partial charge in [-0.1, -0.05) is 18.2 Å². The van der Waals surface area contributed by atoms with Gasteiger partial charge in [0.2, 0.25) is 0 Å². The van der Waals surface area contributed by atoms with Gasteiger partial charge in [-0.25, -0.2) is 8.78 Å². The lowest BCUT2D eigenvalue weighted by molar-refractivity contribution is -0.138. The summed E-state index contributed by atoms with van der Waals surface area (Å²) in [6.45, 7) is 1.36. The van der Waals surface area contributed by atoms with Crippen LogP contribution in [-0.2, 0) is 6.18 Å². The van der Waals surface area contributed by atoms with Crippen molar-refractivity contribution in [2.75, 3.05) is 0 Å². The third-order valence-corrected chi connectivity index (χ3v) is 3.56. The Morgan fingerprint density at radius 2 is 1.57 bits per heavy atom. The normalized spacial score (nSPS) is 13.3. The summed E-state index contributed by atoms with van der Waals surface area (Å²) in [6, 6.07) is 6.32. The van der Waals surface area contributed by atoms with E-state index in [2.05, 4.69) is 0 Å². The van der Waals surface area contributed by atoms with Crippen LogP contribution in [0.3, 0.4) is 0 Å². The first-order valence-corrected chi connectivity index (χ1v) is 6.41. The van der Waals surface area contributed by atoms with Crippen LogP contribution in [0.25, 0.3) is 0 Å². The van der Waals surface area contributed by atoms with Gasteiger partial charge in [-0.05, 0) is 36.2 Å². The molecule has 6 heteroatoms. The van der Waals surface area contributed by atoms with Gasteiger partial charge in [0.15, 0.2) is 0 Å². The van der Waals surface area contributed by atoms with E-state index in [1.807, 2.05) is 0 Å². The SMILES string of the molecule is Cc1cc(F)c(C(Cl)c2ccccc2C(F)(F)F)cc1F. The van der Waals surface area contributed by atoms with Crippen molar-refractivity contribution in [1.29, 1.82) is 0 Å². The summed E-state index contributed by atoms with van der Waals surface area (Å²) in [5.41, 5.74) is -1.54. The maximum atomic E-state index is 13.9. The number of alkyl halides is 4. The van der Waals surface area contributed by atoms with Gasteiger partial charge in [0.1, 0.15) is 11.6 Å². The first kappa shape index (κ1) is 15.8. The molecule has 0 nitrogen and oxygen atoms in total. The Morgan fingerprint density at radius 1 is 0.952 bits per heavy atom. The number of halogens is 6. The van der Waals surface area contributed by atoms with E-state index in [0.29, 0.717) is 0 Å². The number of benzene rings is 2. The molecule has 1 unspecified atom stereocenters. The number of rotatable bonds is 2. The quantitative estimate of drug-likeness (QED) is 0.497. The van der Waals surface area contributed by atoms with Crippen molar-refractivity contribution in [3.63, 3.8) is 0 Å². The lowest BCUT2D eigenvalue weighted by atomic mass is 9.97. The van der Waals surface area contributed by atoms with Gasteiger partial charge in [0.25, 0.3) is 0 Å². The first-order chi connectivity index (χ1) is 9.71. The summed E-state index contributed by atoms with van der Waals surface area (Å²) < 4.78 is 66.2. The van der Waals surface area contributed by atoms with Gasteiger partial charge in [0.05, 0.1) is 10.9 Å². The molecule has 0 spiro atoms. The van der Waals surface area contributed by atoms with Crippen molar-refractivity contribution in [1.82, 2.24) is 0 Å². The summed E-state index contributed by atoms with van der Waals surface area (Å²) in [4.78, 5) is 0. The summed E-state index contributed by atoms with van der Waals surface area (Å²) in [7, 11) is 0. The molecule has 1 atom stereocenters. The third kappa shape index (κ3) is 3.18. The lowest BCUT2D eigenvalue weighted by Crippen LogP contribution is -2.11. The van der Waals surface area contributed by atoms with Crippen LogP contribution in [0.4, 0.5) is 22.0 Å². The van der Waals surface area contributed by atoms with Crippen molar-refractivity contribution < 1.29 is 22.0 Å². The second-order valence-corrected chi connectivity index (χ2v) is 5.01. The van der Waals surface area contributed by atoms with Crippen LogP contribution in [0.5, 0.6) is 0 Å². The number of aryl methyl sites for hydroxylation is 1. The van der Waals surface area contributed by atoms with Crippen LogP contribution < -0.4 is 0 Å². The highest BCUT2D eigenvalue weighted by Crippen LogP contribution is 2.40. The summed E-state index contributed by atoms with van der Waals surface area (Å²) >= 11 is 5.97. The molecule has 0 aliphatic heterocycles. The van der Waals surface area contributed by atoms with Crippen molar-refractivity contribution in [2.24, 2.45) is 0 Å². The number of hydrogen-bond donors (Lipinski definition) is 0. The average Bonchev–Trinajstić information content (AvgIpc) is 2.41. The summed E-state index contributed by atoms with van der Waals surface area (Å²) in [6.07, 6.45) is -4.62. The Labute approximate surface area is 123 Å². The zero-order valence-electron chi connectivity index (χ0n) is 10.8. The second kappa shape index (κ2) is 5.64. The van der Waals surface area contributed by atoms with Gasteiger partial charge >= 0.3 is 6.18 Å². The molecule has 2 rings (SSSR count). The monoisotopic (exact) mass is 320 g/mol. The van der Waals surface area contributed by atoms with Crippen LogP contribution in [0, 0.1) is 18.6 Å². The first-order valence-electron chi connectivity index (χ1n) is 5.97. The Kier molecular flexibility index (Phi) is 4.23. The molecule has 21 heavy (non-hydrogen) atoms. The molecule has 0 aliphatic rings. The highest BCUT2D eigenvalue weighted by atomic mass is 35.5. The molecule has 0 radical (unpaired) electrons. The molecule has 0 N–H and O–H groups in total. The van der Waals surface area contributed by atoms with Crippen LogP contribution in [0.15, 0.2) is 36.4 Å². The van der Waals surface area contributed by atoms with Crippen molar-refractivity contribution in [3.8, 4) is 0 Å². The van der Waals surface area contributed by atoms with Gasteiger partial charge in [0, 0.05) is 5.56 Å². The molecule has 0 aromatic heterocycles. The van der Waals surface area contributed by atoms with Crippen LogP contribution in [-0.4, -0.2) is 0 Å². The van der Waals surface area contributed by atoms with E-state index in [1.165, 1.54) is 19.1 Å². The minimum atomic E-state index is -4.62.